The molecule has 0 fully saturated rings. The van der Waals surface area contributed by atoms with Gasteiger partial charge in [-0.2, -0.15) is 0 Å². The van der Waals surface area contributed by atoms with Gasteiger partial charge >= 0.3 is 5.97 Å². The lowest BCUT2D eigenvalue weighted by Crippen LogP contribution is -2.23. The molecule has 0 heterocycles. The summed E-state index contributed by atoms with van der Waals surface area (Å²) >= 11 is 0. The smallest absolute Gasteiger partial charge is 0.335 e. The highest BCUT2D eigenvalue weighted by Crippen LogP contribution is 2.02. The highest BCUT2D eigenvalue weighted by Gasteiger charge is 2.13. The van der Waals surface area contributed by atoms with Gasteiger partial charge in [-0.15, -0.1) is 0 Å². The van der Waals surface area contributed by atoms with Crippen molar-refractivity contribution in [3.63, 3.8) is 0 Å². The quantitative estimate of drug-likeness (QED) is 0.695. The van der Waals surface area contributed by atoms with Gasteiger partial charge in [0.1, 0.15) is 6.61 Å². The SMILES string of the molecule is CCO[C@H](C)C(=O)OCc1ccccc1. The molecule has 0 amide bonds. The van der Waals surface area contributed by atoms with Crippen molar-refractivity contribution in [2.75, 3.05) is 6.61 Å². The third kappa shape index (κ3) is 4.13. The van der Waals surface area contributed by atoms with Crippen LogP contribution in [0, 0.1) is 0 Å². The molecule has 1 aromatic rings. The molecule has 0 aliphatic carbocycles. The number of rotatable bonds is 5. The van der Waals surface area contributed by atoms with Gasteiger partial charge in [-0.05, 0) is 19.4 Å². The minimum atomic E-state index is -0.487. The molecule has 3 heteroatoms. The summed E-state index contributed by atoms with van der Waals surface area (Å²) in [6.07, 6.45) is -0.487. The van der Waals surface area contributed by atoms with Gasteiger partial charge in [0.15, 0.2) is 6.10 Å². The van der Waals surface area contributed by atoms with Crippen LogP contribution in [-0.2, 0) is 20.9 Å². The number of hydrogen-bond donors (Lipinski definition) is 0. The van der Waals surface area contributed by atoms with Crippen molar-refractivity contribution in [2.24, 2.45) is 0 Å². The van der Waals surface area contributed by atoms with Crippen LogP contribution in [-0.4, -0.2) is 18.7 Å². The molecule has 15 heavy (non-hydrogen) atoms. The third-order valence-corrected chi connectivity index (χ3v) is 1.97. The molecule has 0 saturated carbocycles. The van der Waals surface area contributed by atoms with Crippen LogP contribution in [0.15, 0.2) is 30.3 Å². The third-order valence-electron chi connectivity index (χ3n) is 1.97. The molecule has 0 bridgehead atoms. The van der Waals surface area contributed by atoms with Crippen LogP contribution in [0.4, 0.5) is 0 Å². The molecule has 0 radical (unpaired) electrons. The first-order chi connectivity index (χ1) is 7.24. The second kappa shape index (κ2) is 6.19. The molecular formula is C12H16O3. The van der Waals surface area contributed by atoms with Crippen molar-refractivity contribution in [3.8, 4) is 0 Å². The maximum Gasteiger partial charge on any atom is 0.335 e. The maximum atomic E-state index is 11.4. The summed E-state index contributed by atoms with van der Waals surface area (Å²) in [5.41, 5.74) is 0.981. The summed E-state index contributed by atoms with van der Waals surface area (Å²) in [6.45, 7) is 4.36. The van der Waals surface area contributed by atoms with Crippen LogP contribution in [0.2, 0.25) is 0 Å². The number of hydrogen-bond acceptors (Lipinski definition) is 3. The van der Waals surface area contributed by atoms with Crippen LogP contribution in [0.1, 0.15) is 19.4 Å². The van der Waals surface area contributed by atoms with Gasteiger partial charge < -0.3 is 9.47 Å². The molecule has 0 aliphatic heterocycles. The van der Waals surface area contributed by atoms with Crippen molar-refractivity contribution in [1.29, 1.82) is 0 Å². The van der Waals surface area contributed by atoms with Gasteiger partial charge in [0.25, 0.3) is 0 Å². The Morgan fingerprint density at radius 2 is 2.00 bits per heavy atom. The van der Waals surface area contributed by atoms with Crippen LogP contribution >= 0.6 is 0 Å². The summed E-state index contributed by atoms with van der Waals surface area (Å²) in [7, 11) is 0. The number of ether oxygens (including phenoxy) is 2. The molecule has 0 aromatic heterocycles. The van der Waals surface area contributed by atoms with E-state index in [-0.39, 0.29) is 5.97 Å². The highest BCUT2D eigenvalue weighted by molar-refractivity contribution is 5.74. The lowest BCUT2D eigenvalue weighted by Gasteiger charge is -2.11. The minimum absolute atomic E-state index is 0.303. The molecule has 1 aromatic carbocycles. The largest absolute Gasteiger partial charge is 0.459 e. The van der Waals surface area contributed by atoms with Gasteiger partial charge in [0.05, 0.1) is 0 Å². The Hall–Kier alpha value is -1.35. The van der Waals surface area contributed by atoms with Crippen molar-refractivity contribution < 1.29 is 14.3 Å². The fourth-order valence-corrected chi connectivity index (χ4v) is 1.16. The molecule has 3 nitrogen and oxygen atoms in total. The van der Waals surface area contributed by atoms with Crippen LogP contribution < -0.4 is 0 Å². The average Bonchev–Trinajstić information content (AvgIpc) is 2.27. The first-order valence-electron chi connectivity index (χ1n) is 5.06. The van der Waals surface area contributed by atoms with Crippen molar-refractivity contribution in [2.45, 2.75) is 26.6 Å². The standard InChI is InChI=1S/C12H16O3/c1-3-14-10(2)12(13)15-9-11-7-5-4-6-8-11/h4-8,10H,3,9H2,1-2H3/t10-/m1/s1. The summed E-state index contributed by atoms with van der Waals surface area (Å²) < 4.78 is 10.2. The Labute approximate surface area is 90.0 Å². The molecule has 0 unspecified atom stereocenters. The van der Waals surface area contributed by atoms with E-state index in [0.717, 1.165) is 5.56 Å². The number of esters is 1. The van der Waals surface area contributed by atoms with Crippen molar-refractivity contribution in [1.82, 2.24) is 0 Å². The zero-order valence-electron chi connectivity index (χ0n) is 9.10. The van der Waals surface area contributed by atoms with E-state index >= 15 is 0 Å². The van der Waals surface area contributed by atoms with Crippen LogP contribution in [0.3, 0.4) is 0 Å². The second-order valence-electron chi connectivity index (χ2n) is 3.19. The number of carbonyl (C=O) groups excluding carboxylic acids is 1. The van der Waals surface area contributed by atoms with E-state index in [4.69, 9.17) is 9.47 Å². The Morgan fingerprint density at radius 3 is 2.60 bits per heavy atom. The lowest BCUT2D eigenvalue weighted by atomic mass is 10.2. The molecule has 82 valence electrons. The van der Waals surface area contributed by atoms with Gasteiger partial charge in [-0.1, -0.05) is 30.3 Å². The second-order valence-corrected chi connectivity index (χ2v) is 3.19. The highest BCUT2D eigenvalue weighted by atomic mass is 16.6. The summed E-state index contributed by atoms with van der Waals surface area (Å²) in [4.78, 5) is 11.4. The van der Waals surface area contributed by atoms with E-state index < -0.39 is 6.10 Å². The first kappa shape index (κ1) is 11.7. The maximum absolute atomic E-state index is 11.4. The zero-order valence-corrected chi connectivity index (χ0v) is 9.10. The molecule has 0 saturated heterocycles. The Balaban J connectivity index is 2.34. The summed E-state index contributed by atoms with van der Waals surface area (Å²) in [5, 5.41) is 0. The van der Waals surface area contributed by atoms with E-state index in [2.05, 4.69) is 0 Å². The predicted molar refractivity (Wildman–Crippen MR) is 57.3 cm³/mol. The summed E-state index contributed by atoms with van der Waals surface area (Å²) in [6, 6.07) is 9.58. The predicted octanol–water partition coefficient (Wildman–Crippen LogP) is 2.15. The van der Waals surface area contributed by atoms with Gasteiger partial charge in [0.2, 0.25) is 0 Å². The number of carbonyl (C=O) groups is 1. The normalized spacial score (nSPS) is 12.1. The van der Waals surface area contributed by atoms with Crippen molar-refractivity contribution >= 4 is 5.97 Å². The Morgan fingerprint density at radius 1 is 1.33 bits per heavy atom. The van der Waals surface area contributed by atoms with Gasteiger partial charge in [-0.3, -0.25) is 0 Å². The number of benzene rings is 1. The molecule has 0 aliphatic rings. The van der Waals surface area contributed by atoms with Gasteiger partial charge in [0, 0.05) is 6.61 Å². The van der Waals surface area contributed by atoms with E-state index in [1.807, 2.05) is 37.3 Å². The van der Waals surface area contributed by atoms with E-state index in [1.165, 1.54) is 0 Å². The topological polar surface area (TPSA) is 35.5 Å². The average molecular weight is 208 g/mol. The molecule has 0 N–H and O–H groups in total. The van der Waals surface area contributed by atoms with E-state index in [1.54, 1.807) is 6.92 Å². The van der Waals surface area contributed by atoms with Gasteiger partial charge in [-0.25, -0.2) is 4.79 Å². The molecule has 1 atom stereocenters. The van der Waals surface area contributed by atoms with Crippen LogP contribution in [0.25, 0.3) is 0 Å². The monoisotopic (exact) mass is 208 g/mol. The fraction of sp³-hybridized carbons (Fsp3) is 0.417. The Kier molecular flexibility index (Phi) is 4.84. The molecular weight excluding hydrogens is 192 g/mol. The molecule has 0 spiro atoms. The lowest BCUT2D eigenvalue weighted by molar-refractivity contribution is -0.157. The zero-order chi connectivity index (χ0) is 11.1. The Bertz CT molecular complexity index is 295. The van der Waals surface area contributed by atoms with Crippen LogP contribution in [0.5, 0.6) is 0 Å². The van der Waals surface area contributed by atoms with Crippen molar-refractivity contribution in [3.05, 3.63) is 35.9 Å². The minimum Gasteiger partial charge on any atom is -0.459 e. The summed E-state index contributed by atoms with van der Waals surface area (Å²) in [5.74, 6) is -0.319. The first-order valence-corrected chi connectivity index (χ1v) is 5.06. The van der Waals surface area contributed by atoms with E-state index in [9.17, 15) is 4.79 Å². The van der Waals surface area contributed by atoms with E-state index in [0.29, 0.717) is 13.2 Å². The molecule has 1 rings (SSSR count). The fourth-order valence-electron chi connectivity index (χ4n) is 1.16.